The van der Waals surface area contributed by atoms with Crippen molar-refractivity contribution in [2.24, 2.45) is 16.6 Å². The van der Waals surface area contributed by atoms with Crippen LogP contribution in [0.1, 0.15) is 18.1 Å². The Morgan fingerprint density at radius 1 is 1.35 bits per heavy atom. The summed E-state index contributed by atoms with van der Waals surface area (Å²) in [5, 5.41) is 30.1. The van der Waals surface area contributed by atoms with Crippen molar-refractivity contribution >= 4 is 12.2 Å². The van der Waals surface area contributed by atoms with E-state index in [2.05, 4.69) is 9.98 Å². The predicted molar refractivity (Wildman–Crippen MR) is 66.3 cm³/mol. The third-order valence-electron chi connectivity index (χ3n) is 3.50. The zero-order chi connectivity index (χ0) is 14.4. The molecule has 1 saturated heterocycles. The zero-order valence-electron chi connectivity index (χ0n) is 10.4. The minimum absolute atomic E-state index is 0.397. The second kappa shape index (κ2) is 4.77. The van der Waals surface area contributed by atoms with Crippen LogP contribution in [0.5, 0.6) is 0 Å². The average Bonchev–Trinajstić information content (AvgIpc) is 2.98. The summed E-state index contributed by atoms with van der Waals surface area (Å²) in [5.41, 5.74) is 6.30. The summed E-state index contributed by atoms with van der Waals surface area (Å²) in [7, 11) is 0. The van der Waals surface area contributed by atoms with Crippen LogP contribution < -0.4 is 11.6 Å². The minimum atomic E-state index is -1.20. The molecule has 2 aliphatic rings. The number of nitrogens with zero attached hydrogens (tertiary/aromatic N) is 4. The molecule has 20 heavy (non-hydrogen) atoms. The summed E-state index contributed by atoms with van der Waals surface area (Å²) in [4.78, 5) is 8.21. The van der Waals surface area contributed by atoms with Crippen molar-refractivity contribution in [2.45, 2.75) is 30.7 Å². The number of hydrogen-bond donors (Lipinski definition) is 5. The van der Waals surface area contributed by atoms with Crippen molar-refractivity contribution in [1.29, 1.82) is 0 Å². The Morgan fingerprint density at radius 3 is 2.75 bits per heavy atom. The molecule has 5 atom stereocenters. The molecule has 110 valence electrons. The summed E-state index contributed by atoms with van der Waals surface area (Å²) >= 11 is 0. The molecule has 0 bridgehead atoms. The molecular weight excluding hydrogens is 268 g/mol. The molecule has 7 N–H and O–H groups in total. The first-order valence-corrected chi connectivity index (χ1v) is 6.06. The van der Waals surface area contributed by atoms with Crippen LogP contribution in [0.4, 0.5) is 5.82 Å². The monoisotopic (exact) mass is 284 g/mol. The van der Waals surface area contributed by atoms with Gasteiger partial charge in [0.1, 0.15) is 36.5 Å². The average molecular weight is 284 g/mol. The number of aliphatic hydroxyl groups is 3. The maximum Gasteiger partial charge on any atom is 0.165 e. The number of hydrogen-bond acceptors (Lipinski definition) is 9. The Kier molecular flexibility index (Phi) is 3.20. The number of nitrogens with two attached hydrogens (primary N) is 2. The van der Waals surface area contributed by atoms with E-state index in [1.165, 1.54) is 22.2 Å². The van der Waals surface area contributed by atoms with Gasteiger partial charge in [0.25, 0.3) is 0 Å². The van der Waals surface area contributed by atoms with Gasteiger partial charge < -0.3 is 25.8 Å². The number of aliphatic hydroxyl groups excluding tert-OH is 3. The first-order chi connectivity index (χ1) is 9.54. The van der Waals surface area contributed by atoms with Gasteiger partial charge in [0.15, 0.2) is 12.0 Å². The molecule has 0 aromatic carbocycles. The van der Waals surface area contributed by atoms with Crippen molar-refractivity contribution < 1.29 is 20.1 Å². The van der Waals surface area contributed by atoms with Gasteiger partial charge in [-0.3, -0.25) is 9.58 Å². The van der Waals surface area contributed by atoms with E-state index in [0.29, 0.717) is 11.5 Å². The lowest BCUT2D eigenvalue weighted by atomic mass is 10.1. The third-order valence-corrected chi connectivity index (χ3v) is 3.50. The minimum Gasteiger partial charge on any atom is -0.394 e. The van der Waals surface area contributed by atoms with Crippen molar-refractivity contribution in [3.63, 3.8) is 0 Å². The van der Waals surface area contributed by atoms with E-state index in [1.807, 2.05) is 0 Å². The van der Waals surface area contributed by atoms with E-state index in [-0.39, 0.29) is 0 Å². The molecule has 1 aromatic rings. The van der Waals surface area contributed by atoms with Crippen molar-refractivity contribution in [1.82, 2.24) is 14.6 Å². The van der Waals surface area contributed by atoms with Crippen LogP contribution in [0, 0.1) is 0 Å². The standard InChI is InChI=1S/C10H16N6O4/c11-8-5-9(14-3-16(8)12)15(2-13-5)10-7(19)6(18)4(1-17)20-10/h2-4,6-8,10,17-19H,1,11-12H2/t4-,6?,7?,8?,10-/m1/s1. The largest absolute Gasteiger partial charge is 0.394 e. The van der Waals surface area contributed by atoms with E-state index < -0.39 is 37.3 Å². The molecule has 0 spiro atoms. The van der Waals surface area contributed by atoms with Crippen LogP contribution in [-0.2, 0) is 4.74 Å². The lowest BCUT2D eigenvalue weighted by Gasteiger charge is -2.25. The first kappa shape index (κ1) is 13.4. The fraction of sp³-hybridized carbons (Fsp3) is 0.600. The Bertz CT molecular complexity index is 534. The summed E-state index contributed by atoms with van der Waals surface area (Å²) in [6.45, 7) is -0.398. The number of rotatable bonds is 2. The quantitative estimate of drug-likeness (QED) is 0.367. The van der Waals surface area contributed by atoms with Gasteiger partial charge in [0.05, 0.1) is 12.9 Å². The lowest BCUT2D eigenvalue weighted by Crippen LogP contribution is -2.41. The maximum atomic E-state index is 10.00. The van der Waals surface area contributed by atoms with Crippen LogP contribution in [0.2, 0.25) is 0 Å². The molecule has 10 nitrogen and oxygen atoms in total. The summed E-state index contributed by atoms with van der Waals surface area (Å²) in [5.74, 6) is 6.00. The van der Waals surface area contributed by atoms with Crippen molar-refractivity contribution in [3.05, 3.63) is 12.0 Å². The molecule has 0 radical (unpaired) electrons. The van der Waals surface area contributed by atoms with Crippen molar-refractivity contribution in [3.8, 4) is 0 Å². The first-order valence-electron chi connectivity index (χ1n) is 6.06. The molecule has 3 unspecified atom stereocenters. The lowest BCUT2D eigenvalue weighted by molar-refractivity contribution is -0.0520. The van der Waals surface area contributed by atoms with E-state index in [1.54, 1.807) is 0 Å². The zero-order valence-corrected chi connectivity index (χ0v) is 10.4. The molecular formula is C10H16N6O4. The highest BCUT2D eigenvalue weighted by Crippen LogP contribution is 2.36. The summed E-state index contributed by atoms with van der Waals surface area (Å²) in [6.07, 6.45) is -2.05. The number of ether oxygens (including phenoxy) is 1. The highest BCUT2D eigenvalue weighted by Gasteiger charge is 2.44. The van der Waals surface area contributed by atoms with Gasteiger partial charge >= 0.3 is 0 Å². The Labute approximate surface area is 113 Å². The van der Waals surface area contributed by atoms with Gasteiger partial charge in [-0.15, -0.1) is 0 Å². The SMILES string of the molecule is NC1c2ncn([C@@H]3O[C@H](CO)C(O)C3O)c2N=CN1N. The Hall–Kier alpha value is -1.56. The van der Waals surface area contributed by atoms with Crippen LogP contribution in [-0.4, -0.2) is 61.1 Å². The highest BCUT2D eigenvalue weighted by molar-refractivity contribution is 5.64. The number of hydrazine groups is 1. The Balaban J connectivity index is 1.95. The van der Waals surface area contributed by atoms with E-state index in [4.69, 9.17) is 21.4 Å². The number of aromatic nitrogens is 2. The molecule has 10 heteroatoms. The van der Waals surface area contributed by atoms with Crippen LogP contribution in [0.3, 0.4) is 0 Å². The second-order valence-corrected chi connectivity index (χ2v) is 4.73. The van der Waals surface area contributed by atoms with Gasteiger partial charge in [0, 0.05) is 0 Å². The summed E-state index contributed by atoms with van der Waals surface area (Å²) < 4.78 is 6.88. The van der Waals surface area contributed by atoms with Gasteiger partial charge in [-0.1, -0.05) is 0 Å². The normalized spacial score (nSPS) is 36.5. The maximum absolute atomic E-state index is 10.00. The molecule has 3 heterocycles. The molecule has 1 aromatic heterocycles. The molecule has 0 amide bonds. The van der Waals surface area contributed by atoms with Gasteiger partial charge in [-0.05, 0) is 0 Å². The van der Waals surface area contributed by atoms with E-state index >= 15 is 0 Å². The fourth-order valence-corrected chi connectivity index (χ4v) is 2.34. The second-order valence-electron chi connectivity index (χ2n) is 4.73. The smallest absolute Gasteiger partial charge is 0.165 e. The van der Waals surface area contributed by atoms with Gasteiger partial charge in [0.2, 0.25) is 0 Å². The van der Waals surface area contributed by atoms with Crippen molar-refractivity contribution in [2.75, 3.05) is 6.61 Å². The highest BCUT2D eigenvalue weighted by atomic mass is 16.6. The predicted octanol–water partition coefficient (Wildman–Crippen LogP) is -2.70. The van der Waals surface area contributed by atoms with Gasteiger partial charge in [-0.2, -0.15) is 0 Å². The number of fused-ring (bicyclic) bond motifs is 1. The van der Waals surface area contributed by atoms with Crippen LogP contribution in [0.25, 0.3) is 0 Å². The third kappa shape index (κ3) is 1.82. The molecule has 2 aliphatic heterocycles. The van der Waals surface area contributed by atoms with E-state index in [0.717, 1.165) is 0 Å². The molecule has 1 fully saturated rings. The topological polar surface area (TPSA) is 155 Å². The molecule has 3 rings (SSSR count). The van der Waals surface area contributed by atoms with Crippen LogP contribution >= 0.6 is 0 Å². The number of aliphatic imine (C=N–C) groups is 1. The number of imidazole rings is 1. The van der Waals surface area contributed by atoms with Crippen LogP contribution in [0.15, 0.2) is 11.3 Å². The molecule has 0 aliphatic carbocycles. The fourth-order valence-electron chi connectivity index (χ4n) is 2.34. The van der Waals surface area contributed by atoms with Gasteiger partial charge in [-0.25, -0.2) is 15.8 Å². The molecule has 0 saturated carbocycles. The summed E-state index contributed by atoms with van der Waals surface area (Å²) in [6, 6.07) is 0. The Morgan fingerprint density at radius 2 is 2.10 bits per heavy atom. The van der Waals surface area contributed by atoms with E-state index in [9.17, 15) is 10.2 Å².